The van der Waals surface area contributed by atoms with Crippen LogP contribution in [0.5, 0.6) is 11.5 Å². The highest BCUT2D eigenvalue weighted by Gasteiger charge is 2.39. The van der Waals surface area contributed by atoms with Gasteiger partial charge in [-0.25, -0.2) is 8.78 Å². The Hall–Kier alpha value is -1.97. The third kappa shape index (κ3) is 8.27. The van der Waals surface area contributed by atoms with Crippen molar-refractivity contribution in [1.29, 1.82) is 0 Å². The van der Waals surface area contributed by atoms with Gasteiger partial charge in [0.05, 0.1) is 12.7 Å². The van der Waals surface area contributed by atoms with Crippen molar-refractivity contribution in [2.24, 2.45) is 23.2 Å². The first-order valence-corrected chi connectivity index (χ1v) is 14.6. The second kappa shape index (κ2) is 12.7. The van der Waals surface area contributed by atoms with Gasteiger partial charge < -0.3 is 25.0 Å². The second-order valence-corrected chi connectivity index (χ2v) is 12.9. The lowest BCUT2D eigenvalue weighted by atomic mass is 9.79. The fourth-order valence-electron chi connectivity index (χ4n) is 6.38. The number of carbonyl (C=O) groups excluding carboxylic acids is 1. The number of aromatic hydroxyl groups is 2. The lowest BCUT2D eigenvalue weighted by Gasteiger charge is -2.40. The summed E-state index contributed by atoms with van der Waals surface area (Å²) in [6.45, 7) is 7.77. The summed E-state index contributed by atoms with van der Waals surface area (Å²) in [5, 5.41) is 30.6. The van der Waals surface area contributed by atoms with Gasteiger partial charge in [-0.05, 0) is 74.1 Å². The smallest absolute Gasteiger partial charge is 0.248 e. The van der Waals surface area contributed by atoms with Gasteiger partial charge in [0.15, 0.2) is 11.5 Å². The number of alkyl halides is 2. The number of hydrogen-bond acceptors (Lipinski definition) is 6. The number of halogens is 2. The molecule has 1 saturated carbocycles. The quantitative estimate of drug-likeness (QED) is 0.466. The maximum absolute atomic E-state index is 13.8. The Balaban J connectivity index is 1.46. The van der Waals surface area contributed by atoms with Crippen molar-refractivity contribution in [3.8, 4) is 11.5 Å². The van der Waals surface area contributed by atoms with Crippen LogP contribution in [0, 0.1) is 23.2 Å². The van der Waals surface area contributed by atoms with Crippen LogP contribution >= 0.6 is 0 Å². The molecule has 1 aromatic rings. The summed E-state index contributed by atoms with van der Waals surface area (Å²) in [4.78, 5) is 17.8. The molecular formula is C30H46F2N2O5. The molecule has 0 spiro atoms. The largest absolute Gasteiger partial charge is 0.504 e. The maximum Gasteiger partial charge on any atom is 0.248 e. The lowest BCUT2D eigenvalue weighted by Crippen LogP contribution is -2.48. The standard InChI is InChI=1S/C30H46F2N2O5/c1-29(2)20-39-13-3-4-24-18-33(16-22-5-6-25(35)26(36)14-22)12-9-23(24)15-28(38)34(19-27(29)37)17-21-7-10-30(31,32)11-8-21/h5-6,14,21,23-24,27,35-37H,3-4,7-13,15-20H2,1-2H3/t23-,24-,27-/m0/s1. The normalized spacial score (nSPS) is 29.6. The van der Waals surface area contributed by atoms with E-state index < -0.39 is 17.4 Å². The van der Waals surface area contributed by atoms with Crippen molar-refractivity contribution in [3.63, 3.8) is 0 Å². The number of piperidine rings is 1. The molecule has 2 aliphatic heterocycles. The van der Waals surface area contributed by atoms with E-state index in [1.54, 1.807) is 11.0 Å². The third-order valence-electron chi connectivity index (χ3n) is 9.16. The first-order valence-electron chi connectivity index (χ1n) is 14.6. The molecule has 3 fully saturated rings. The Morgan fingerprint density at radius 2 is 1.77 bits per heavy atom. The average Bonchev–Trinajstić information content (AvgIpc) is 2.88. The number of aliphatic hydroxyl groups excluding tert-OH is 1. The minimum absolute atomic E-state index is 0.00857. The van der Waals surface area contributed by atoms with Gasteiger partial charge in [0, 0.05) is 57.5 Å². The first kappa shape index (κ1) is 30.0. The number of phenols is 2. The van der Waals surface area contributed by atoms with E-state index in [9.17, 15) is 28.9 Å². The fourth-order valence-corrected chi connectivity index (χ4v) is 6.38. The number of nitrogens with zero attached hydrogens (tertiary/aromatic N) is 2. The number of aliphatic hydroxyl groups is 1. The van der Waals surface area contributed by atoms with E-state index in [0.29, 0.717) is 51.5 Å². The molecule has 2 saturated heterocycles. The zero-order valence-electron chi connectivity index (χ0n) is 23.5. The predicted molar refractivity (Wildman–Crippen MR) is 145 cm³/mol. The Morgan fingerprint density at radius 3 is 2.49 bits per heavy atom. The van der Waals surface area contributed by atoms with Gasteiger partial charge in [-0.1, -0.05) is 19.9 Å². The van der Waals surface area contributed by atoms with Crippen LogP contribution in [0.15, 0.2) is 18.2 Å². The molecule has 4 rings (SSSR count). The molecule has 3 atom stereocenters. The molecule has 3 N–H and O–H groups in total. The average molecular weight is 553 g/mol. The Labute approximate surface area is 231 Å². The SMILES string of the molecule is CC1(C)COCCC[C@H]2CN(Cc3ccc(O)c(O)c3)CC[C@H]2CC(=O)N(CC2CCC(F)(F)CC2)C[C@@H]1O. The van der Waals surface area contributed by atoms with Crippen LogP contribution in [0.2, 0.25) is 0 Å². The first-order chi connectivity index (χ1) is 18.4. The summed E-state index contributed by atoms with van der Waals surface area (Å²) >= 11 is 0. The molecule has 1 aliphatic carbocycles. The van der Waals surface area contributed by atoms with Crippen molar-refractivity contribution < 1.29 is 33.6 Å². The van der Waals surface area contributed by atoms with Crippen molar-refractivity contribution >= 4 is 5.91 Å². The number of benzene rings is 1. The third-order valence-corrected chi connectivity index (χ3v) is 9.16. The molecule has 220 valence electrons. The van der Waals surface area contributed by atoms with Crippen molar-refractivity contribution in [2.75, 3.05) is 39.4 Å². The Bertz CT molecular complexity index is 965. The fraction of sp³-hybridized carbons (Fsp3) is 0.767. The summed E-state index contributed by atoms with van der Waals surface area (Å²) in [5.41, 5.74) is 0.388. The van der Waals surface area contributed by atoms with E-state index in [2.05, 4.69) is 4.90 Å². The van der Waals surface area contributed by atoms with Crippen molar-refractivity contribution in [1.82, 2.24) is 9.80 Å². The van der Waals surface area contributed by atoms with E-state index in [-0.39, 0.29) is 48.6 Å². The molecule has 0 aromatic heterocycles. The summed E-state index contributed by atoms with van der Waals surface area (Å²) < 4.78 is 33.5. The van der Waals surface area contributed by atoms with Gasteiger partial charge in [-0.2, -0.15) is 0 Å². The number of fused-ring (bicyclic) bond motifs is 1. The monoisotopic (exact) mass is 552 g/mol. The van der Waals surface area contributed by atoms with Crippen molar-refractivity contribution in [2.45, 2.75) is 83.8 Å². The van der Waals surface area contributed by atoms with Crippen molar-refractivity contribution in [3.05, 3.63) is 23.8 Å². The topological polar surface area (TPSA) is 93.5 Å². The molecule has 9 heteroatoms. The van der Waals surface area contributed by atoms with Crippen LogP contribution in [0.3, 0.4) is 0 Å². The number of carbonyl (C=O) groups is 1. The zero-order chi connectivity index (χ0) is 28.2. The molecule has 39 heavy (non-hydrogen) atoms. The van der Waals surface area contributed by atoms with Gasteiger partial charge in [-0.3, -0.25) is 9.69 Å². The van der Waals surface area contributed by atoms with Gasteiger partial charge in [0.1, 0.15) is 0 Å². The van der Waals surface area contributed by atoms with Gasteiger partial charge in [0.2, 0.25) is 11.8 Å². The van der Waals surface area contributed by atoms with Gasteiger partial charge in [0.25, 0.3) is 0 Å². The molecule has 7 nitrogen and oxygen atoms in total. The van der Waals surface area contributed by atoms with E-state index in [1.165, 1.54) is 6.07 Å². The number of hydrogen-bond donors (Lipinski definition) is 3. The molecule has 2 heterocycles. The lowest BCUT2D eigenvalue weighted by molar-refractivity contribution is -0.138. The zero-order valence-corrected chi connectivity index (χ0v) is 23.5. The summed E-state index contributed by atoms with van der Waals surface area (Å²) in [5.74, 6) is -2.34. The van der Waals surface area contributed by atoms with Crippen LogP contribution in [0.25, 0.3) is 0 Å². The number of phenolic OH excluding ortho intramolecular Hbond substituents is 2. The van der Waals surface area contributed by atoms with Crippen LogP contribution in [0.1, 0.15) is 70.8 Å². The predicted octanol–water partition coefficient (Wildman–Crippen LogP) is 4.78. The van der Waals surface area contributed by atoms with Gasteiger partial charge >= 0.3 is 0 Å². The summed E-state index contributed by atoms with van der Waals surface area (Å²) in [6, 6.07) is 4.91. The number of likely N-dealkylation sites (tertiary alicyclic amines) is 1. The Kier molecular flexibility index (Phi) is 9.76. The number of amides is 1. The van der Waals surface area contributed by atoms with Crippen LogP contribution in [-0.2, 0) is 16.1 Å². The molecular weight excluding hydrogens is 506 g/mol. The van der Waals surface area contributed by atoms with Crippen LogP contribution in [-0.4, -0.2) is 82.4 Å². The molecule has 1 aromatic carbocycles. The highest BCUT2D eigenvalue weighted by molar-refractivity contribution is 5.76. The number of rotatable bonds is 4. The molecule has 0 unspecified atom stereocenters. The highest BCUT2D eigenvalue weighted by Crippen LogP contribution is 2.38. The summed E-state index contributed by atoms with van der Waals surface area (Å²) in [7, 11) is 0. The van der Waals surface area contributed by atoms with E-state index >= 15 is 0 Å². The molecule has 0 radical (unpaired) electrons. The number of ether oxygens (including phenoxy) is 1. The van der Waals surface area contributed by atoms with E-state index in [0.717, 1.165) is 37.9 Å². The van der Waals surface area contributed by atoms with Gasteiger partial charge in [-0.15, -0.1) is 0 Å². The highest BCUT2D eigenvalue weighted by atomic mass is 19.3. The molecule has 1 amide bonds. The van der Waals surface area contributed by atoms with Crippen LogP contribution in [0.4, 0.5) is 8.78 Å². The Morgan fingerprint density at radius 1 is 1.03 bits per heavy atom. The minimum Gasteiger partial charge on any atom is -0.504 e. The van der Waals surface area contributed by atoms with E-state index in [1.807, 2.05) is 19.9 Å². The number of β-amino-alcohol motifs (C(OH)–C–C–N with tert-alkyl or cyclic N) is 1. The minimum atomic E-state index is -2.61. The molecule has 0 bridgehead atoms. The second-order valence-electron chi connectivity index (χ2n) is 12.9. The summed E-state index contributed by atoms with van der Waals surface area (Å²) in [6.07, 6.45) is 2.80. The van der Waals surface area contributed by atoms with E-state index in [4.69, 9.17) is 4.74 Å². The van der Waals surface area contributed by atoms with Crippen LogP contribution < -0.4 is 0 Å². The molecule has 3 aliphatic rings. The maximum atomic E-state index is 13.8.